The van der Waals surface area contributed by atoms with Gasteiger partial charge in [-0.25, -0.2) is 4.79 Å². The second kappa shape index (κ2) is 5.86. The number of rotatable bonds is 4. The summed E-state index contributed by atoms with van der Waals surface area (Å²) in [7, 11) is 0. The molecule has 132 valence electrons. The number of carbonyl (C=O) groups is 3. The van der Waals surface area contributed by atoms with Crippen LogP contribution in [0.4, 0.5) is 4.79 Å². The van der Waals surface area contributed by atoms with E-state index in [4.69, 9.17) is 0 Å². The van der Waals surface area contributed by atoms with Gasteiger partial charge < -0.3 is 10.6 Å². The zero-order chi connectivity index (χ0) is 17.6. The van der Waals surface area contributed by atoms with Gasteiger partial charge in [-0.1, -0.05) is 24.3 Å². The van der Waals surface area contributed by atoms with Crippen molar-refractivity contribution >= 4 is 17.8 Å². The number of urea groups is 1. The Bertz CT molecular complexity index is 743. The Kier molecular flexibility index (Phi) is 3.78. The summed E-state index contributed by atoms with van der Waals surface area (Å²) in [5, 5.41) is 5.78. The highest BCUT2D eigenvalue weighted by Crippen LogP contribution is 2.39. The Morgan fingerprint density at radius 1 is 1.36 bits per heavy atom. The number of imide groups is 1. The van der Waals surface area contributed by atoms with Crippen LogP contribution in [-0.2, 0) is 21.5 Å². The summed E-state index contributed by atoms with van der Waals surface area (Å²) in [5.74, 6) is -0.0495. The van der Waals surface area contributed by atoms with E-state index in [1.54, 1.807) is 0 Å². The molecule has 1 heterocycles. The van der Waals surface area contributed by atoms with Crippen molar-refractivity contribution in [2.24, 2.45) is 5.92 Å². The summed E-state index contributed by atoms with van der Waals surface area (Å²) in [5.41, 5.74) is 0.957. The van der Waals surface area contributed by atoms with Crippen molar-refractivity contribution in [2.45, 2.75) is 50.6 Å². The molecule has 1 aliphatic heterocycles. The third-order valence-corrected chi connectivity index (χ3v) is 5.67. The van der Waals surface area contributed by atoms with Gasteiger partial charge in [-0.3, -0.25) is 14.5 Å². The Balaban J connectivity index is 1.54. The molecule has 3 aliphatic rings. The van der Waals surface area contributed by atoms with Crippen LogP contribution in [0.5, 0.6) is 0 Å². The number of amides is 4. The van der Waals surface area contributed by atoms with E-state index < -0.39 is 11.6 Å². The molecule has 2 N–H and O–H groups in total. The van der Waals surface area contributed by atoms with E-state index >= 15 is 0 Å². The highest BCUT2D eigenvalue weighted by atomic mass is 16.2. The number of nitrogens with one attached hydrogen (secondary N) is 2. The summed E-state index contributed by atoms with van der Waals surface area (Å²) < 4.78 is 0. The minimum atomic E-state index is -1.01. The molecular formula is C19H23N3O3. The average Bonchev–Trinajstić information content (AvgIpc) is 3.41. The Labute approximate surface area is 147 Å². The summed E-state index contributed by atoms with van der Waals surface area (Å²) >= 11 is 0. The molecule has 6 heteroatoms. The van der Waals surface area contributed by atoms with Crippen molar-refractivity contribution < 1.29 is 14.4 Å². The van der Waals surface area contributed by atoms with Gasteiger partial charge in [0.15, 0.2) is 0 Å². The van der Waals surface area contributed by atoms with Gasteiger partial charge in [0.05, 0.1) is 0 Å². The van der Waals surface area contributed by atoms with Crippen LogP contribution in [0.3, 0.4) is 0 Å². The van der Waals surface area contributed by atoms with E-state index in [9.17, 15) is 14.4 Å². The van der Waals surface area contributed by atoms with Gasteiger partial charge in [-0.2, -0.15) is 0 Å². The molecule has 1 spiro atoms. The monoisotopic (exact) mass is 341 g/mol. The van der Waals surface area contributed by atoms with Crippen LogP contribution in [0.2, 0.25) is 0 Å². The lowest BCUT2D eigenvalue weighted by Crippen LogP contribution is -2.47. The molecule has 1 aromatic carbocycles. The average molecular weight is 341 g/mol. The molecule has 1 saturated carbocycles. The van der Waals surface area contributed by atoms with Crippen molar-refractivity contribution in [3.63, 3.8) is 0 Å². The van der Waals surface area contributed by atoms with Gasteiger partial charge in [-0.05, 0) is 56.1 Å². The molecule has 25 heavy (non-hydrogen) atoms. The Morgan fingerprint density at radius 3 is 2.88 bits per heavy atom. The second-order valence-electron chi connectivity index (χ2n) is 7.43. The standard InChI is InChI=1S/C19H23N3O3/c1-12(13-8-9-13)20-16(23)11-22-17(24)19(21-18(22)25)10-4-6-14-5-2-3-7-15(14)19/h2-3,5,7,12-13H,4,6,8-11H2,1H3,(H,20,23)(H,21,25)/t12-,19+/m0/s1. The van der Waals surface area contributed by atoms with Gasteiger partial charge in [-0.15, -0.1) is 0 Å². The number of nitrogens with zero attached hydrogens (tertiary/aromatic N) is 1. The first-order valence-corrected chi connectivity index (χ1v) is 9.03. The van der Waals surface area contributed by atoms with Crippen molar-refractivity contribution in [3.05, 3.63) is 35.4 Å². The highest BCUT2D eigenvalue weighted by Gasteiger charge is 2.54. The van der Waals surface area contributed by atoms with Crippen LogP contribution in [0, 0.1) is 5.92 Å². The smallest absolute Gasteiger partial charge is 0.325 e. The van der Waals surface area contributed by atoms with Crippen LogP contribution < -0.4 is 10.6 Å². The van der Waals surface area contributed by atoms with E-state index in [0.29, 0.717) is 12.3 Å². The van der Waals surface area contributed by atoms with Crippen LogP contribution in [-0.4, -0.2) is 35.3 Å². The lowest BCUT2D eigenvalue weighted by Gasteiger charge is -2.33. The molecule has 2 fully saturated rings. The lowest BCUT2D eigenvalue weighted by atomic mass is 9.76. The maximum Gasteiger partial charge on any atom is 0.325 e. The first kappa shape index (κ1) is 16.1. The predicted molar refractivity (Wildman–Crippen MR) is 91.6 cm³/mol. The van der Waals surface area contributed by atoms with E-state index in [1.807, 2.05) is 31.2 Å². The number of hydrogen-bond donors (Lipinski definition) is 2. The first-order valence-electron chi connectivity index (χ1n) is 9.03. The molecule has 4 rings (SSSR count). The van der Waals surface area contributed by atoms with Crippen molar-refractivity contribution in [1.29, 1.82) is 0 Å². The first-order chi connectivity index (χ1) is 12.0. The number of fused-ring (bicyclic) bond motifs is 2. The number of hydrogen-bond acceptors (Lipinski definition) is 3. The molecule has 0 aromatic heterocycles. The van der Waals surface area contributed by atoms with Crippen LogP contribution in [0.1, 0.15) is 43.7 Å². The molecule has 2 atom stereocenters. The minimum absolute atomic E-state index is 0.0950. The normalized spacial score (nSPS) is 26.4. The molecule has 2 aliphatic carbocycles. The highest BCUT2D eigenvalue weighted by molar-refractivity contribution is 6.09. The number of benzene rings is 1. The fourth-order valence-corrected chi connectivity index (χ4v) is 4.11. The van der Waals surface area contributed by atoms with E-state index in [0.717, 1.165) is 41.7 Å². The predicted octanol–water partition coefficient (Wildman–Crippen LogP) is 1.68. The quantitative estimate of drug-likeness (QED) is 0.818. The fourth-order valence-electron chi connectivity index (χ4n) is 4.11. The van der Waals surface area contributed by atoms with Crippen molar-refractivity contribution in [1.82, 2.24) is 15.5 Å². The molecule has 4 amide bonds. The third kappa shape index (κ3) is 2.69. The van der Waals surface area contributed by atoms with E-state index in [1.165, 1.54) is 0 Å². The maximum atomic E-state index is 13.1. The molecule has 1 aromatic rings. The molecule has 0 unspecified atom stereocenters. The van der Waals surface area contributed by atoms with Gasteiger partial charge in [0.25, 0.3) is 5.91 Å². The topological polar surface area (TPSA) is 78.5 Å². The van der Waals surface area contributed by atoms with Crippen LogP contribution >= 0.6 is 0 Å². The van der Waals surface area contributed by atoms with Gasteiger partial charge >= 0.3 is 6.03 Å². The van der Waals surface area contributed by atoms with Crippen molar-refractivity contribution in [2.75, 3.05) is 6.54 Å². The second-order valence-corrected chi connectivity index (χ2v) is 7.43. The summed E-state index contributed by atoms with van der Waals surface area (Å²) in [6.45, 7) is 1.76. The maximum absolute atomic E-state index is 13.1. The zero-order valence-electron chi connectivity index (χ0n) is 14.4. The van der Waals surface area contributed by atoms with E-state index in [2.05, 4.69) is 10.6 Å². The Hall–Kier alpha value is -2.37. The number of carbonyl (C=O) groups excluding carboxylic acids is 3. The third-order valence-electron chi connectivity index (χ3n) is 5.67. The van der Waals surface area contributed by atoms with Crippen LogP contribution in [0.25, 0.3) is 0 Å². The van der Waals surface area contributed by atoms with Gasteiger partial charge in [0, 0.05) is 6.04 Å². The fraction of sp³-hybridized carbons (Fsp3) is 0.526. The molecule has 6 nitrogen and oxygen atoms in total. The molecule has 1 saturated heterocycles. The summed E-state index contributed by atoms with van der Waals surface area (Å²) in [6, 6.07) is 7.36. The van der Waals surface area contributed by atoms with Gasteiger partial charge in [0.2, 0.25) is 5.91 Å². The van der Waals surface area contributed by atoms with Crippen LogP contribution in [0.15, 0.2) is 24.3 Å². The van der Waals surface area contributed by atoms with Crippen molar-refractivity contribution in [3.8, 4) is 0 Å². The zero-order valence-corrected chi connectivity index (χ0v) is 14.4. The SMILES string of the molecule is C[C@H](NC(=O)CN1C(=O)N[C@@]2(CCCc3ccccc32)C1=O)C1CC1. The summed E-state index contributed by atoms with van der Waals surface area (Å²) in [4.78, 5) is 38.9. The minimum Gasteiger partial charge on any atom is -0.352 e. The molecular weight excluding hydrogens is 318 g/mol. The number of aryl methyl sites for hydroxylation is 1. The largest absolute Gasteiger partial charge is 0.352 e. The van der Waals surface area contributed by atoms with Gasteiger partial charge in [0.1, 0.15) is 12.1 Å². The lowest BCUT2D eigenvalue weighted by molar-refractivity contribution is -0.135. The van der Waals surface area contributed by atoms with E-state index in [-0.39, 0.29) is 24.4 Å². The summed E-state index contributed by atoms with van der Waals surface area (Å²) in [6.07, 6.45) is 4.57. The molecule has 0 bridgehead atoms. The molecule has 0 radical (unpaired) electrons. The Morgan fingerprint density at radius 2 is 2.12 bits per heavy atom.